The lowest BCUT2D eigenvalue weighted by Gasteiger charge is -2.41. The van der Waals surface area contributed by atoms with Crippen LogP contribution < -0.4 is 5.32 Å². The number of nitrogens with zero attached hydrogens (tertiary/aromatic N) is 1. The molecule has 5 heteroatoms. The number of aryl methyl sites for hydroxylation is 1. The zero-order valence-electron chi connectivity index (χ0n) is 16.5. The van der Waals surface area contributed by atoms with Gasteiger partial charge in [-0.1, -0.05) is 36.4 Å². The highest BCUT2D eigenvalue weighted by atomic mass is 16.4. The number of aromatic carboxylic acids is 1. The predicted octanol–water partition coefficient (Wildman–Crippen LogP) is 3.48. The summed E-state index contributed by atoms with van der Waals surface area (Å²) < 4.78 is 0. The lowest BCUT2D eigenvalue weighted by molar-refractivity contribution is -0.121. The molecule has 0 radical (unpaired) electrons. The van der Waals surface area contributed by atoms with Crippen LogP contribution in [-0.2, 0) is 23.1 Å². The molecule has 2 aromatic carbocycles. The number of piperidine rings is 1. The van der Waals surface area contributed by atoms with Crippen LogP contribution in [0, 0.1) is 5.92 Å². The third-order valence-electron chi connectivity index (χ3n) is 7.22. The summed E-state index contributed by atoms with van der Waals surface area (Å²) in [6.07, 6.45) is 5.34. The van der Waals surface area contributed by atoms with E-state index in [-0.39, 0.29) is 17.4 Å². The molecule has 1 spiro atoms. The number of amides is 1. The van der Waals surface area contributed by atoms with Crippen molar-refractivity contribution in [1.29, 1.82) is 0 Å². The van der Waals surface area contributed by atoms with E-state index in [4.69, 9.17) is 0 Å². The lowest BCUT2D eigenvalue weighted by atomic mass is 9.73. The Morgan fingerprint density at radius 2 is 1.83 bits per heavy atom. The molecule has 1 unspecified atom stereocenters. The third-order valence-corrected chi connectivity index (χ3v) is 7.22. The number of likely N-dealkylation sites (tertiary alicyclic amines) is 1. The van der Waals surface area contributed by atoms with Crippen molar-refractivity contribution in [2.45, 2.75) is 37.5 Å². The fourth-order valence-electron chi connectivity index (χ4n) is 5.59. The van der Waals surface area contributed by atoms with Crippen LogP contribution in [0.5, 0.6) is 0 Å². The summed E-state index contributed by atoms with van der Waals surface area (Å²) in [5, 5.41) is 12.2. The molecule has 0 aromatic heterocycles. The molecular formula is C24H26N2O3. The molecule has 150 valence electrons. The molecule has 1 amide bonds. The molecule has 2 aromatic rings. The maximum atomic E-state index is 12.7. The van der Waals surface area contributed by atoms with Crippen molar-refractivity contribution in [3.05, 3.63) is 64.7 Å². The van der Waals surface area contributed by atoms with E-state index in [1.807, 2.05) is 6.07 Å². The van der Waals surface area contributed by atoms with Crippen molar-refractivity contribution in [1.82, 2.24) is 4.90 Å². The van der Waals surface area contributed by atoms with Gasteiger partial charge in [-0.15, -0.1) is 0 Å². The Balaban J connectivity index is 1.27. The quantitative estimate of drug-likeness (QED) is 0.842. The van der Waals surface area contributed by atoms with Crippen LogP contribution >= 0.6 is 0 Å². The first-order valence-electron chi connectivity index (χ1n) is 10.5. The molecular weight excluding hydrogens is 364 g/mol. The van der Waals surface area contributed by atoms with Crippen LogP contribution in [0.4, 0.5) is 5.69 Å². The Labute approximate surface area is 170 Å². The van der Waals surface area contributed by atoms with Gasteiger partial charge in [0, 0.05) is 6.54 Å². The highest BCUT2D eigenvalue weighted by Gasteiger charge is 2.41. The normalized spacial score (nSPS) is 22.8. The summed E-state index contributed by atoms with van der Waals surface area (Å²) in [6, 6.07) is 14.1. The van der Waals surface area contributed by atoms with E-state index in [9.17, 15) is 14.7 Å². The van der Waals surface area contributed by atoms with E-state index < -0.39 is 5.97 Å². The van der Waals surface area contributed by atoms with Crippen LogP contribution in [0.25, 0.3) is 0 Å². The number of carboxylic acids is 1. The molecule has 5 rings (SSSR count). The average Bonchev–Trinajstić information content (AvgIpc) is 3.08. The minimum Gasteiger partial charge on any atom is -0.478 e. The van der Waals surface area contributed by atoms with Gasteiger partial charge < -0.3 is 15.3 Å². The van der Waals surface area contributed by atoms with E-state index in [0.717, 1.165) is 38.0 Å². The average molecular weight is 390 g/mol. The van der Waals surface area contributed by atoms with Gasteiger partial charge in [-0.3, -0.25) is 4.79 Å². The number of fused-ring (bicyclic) bond motifs is 3. The molecule has 0 bridgehead atoms. The lowest BCUT2D eigenvalue weighted by Crippen LogP contribution is -2.46. The number of carbonyl (C=O) groups excluding carboxylic acids is 1. The largest absolute Gasteiger partial charge is 0.478 e. The van der Waals surface area contributed by atoms with Gasteiger partial charge in [0.05, 0.1) is 17.2 Å². The van der Waals surface area contributed by atoms with Crippen LogP contribution in [0.15, 0.2) is 42.5 Å². The molecule has 29 heavy (non-hydrogen) atoms. The number of anilines is 1. The molecule has 2 N–H and O–H groups in total. The first-order chi connectivity index (χ1) is 14.1. The summed E-state index contributed by atoms with van der Waals surface area (Å²) in [7, 11) is 0. The number of nitrogens with one attached hydrogen (secondary N) is 1. The second kappa shape index (κ2) is 6.99. The number of benzene rings is 2. The first-order valence-corrected chi connectivity index (χ1v) is 10.5. The van der Waals surface area contributed by atoms with Crippen LogP contribution in [0.1, 0.15) is 46.3 Å². The number of para-hydroxylation sites is 1. The smallest absolute Gasteiger partial charge is 0.337 e. The van der Waals surface area contributed by atoms with E-state index in [2.05, 4.69) is 34.5 Å². The fraction of sp³-hybridized carbons (Fsp3) is 0.417. The van der Waals surface area contributed by atoms with Gasteiger partial charge in [-0.2, -0.15) is 0 Å². The maximum Gasteiger partial charge on any atom is 0.337 e. The molecule has 5 nitrogen and oxygen atoms in total. The van der Waals surface area contributed by atoms with Crippen molar-refractivity contribution >= 4 is 17.6 Å². The third kappa shape index (κ3) is 3.14. The van der Waals surface area contributed by atoms with Gasteiger partial charge in [0.2, 0.25) is 5.91 Å². The van der Waals surface area contributed by atoms with Gasteiger partial charge in [0.25, 0.3) is 0 Å². The van der Waals surface area contributed by atoms with E-state index in [1.165, 1.54) is 18.4 Å². The van der Waals surface area contributed by atoms with Gasteiger partial charge >= 0.3 is 5.97 Å². The van der Waals surface area contributed by atoms with Crippen LogP contribution in [0.3, 0.4) is 0 Å². The zero-order chi connectivity index (χ0) is 20.0. The maximum absolute atomic E-state index is 12.7. The number of carboxylic acid groups (broad SMARTS) is 1. The summed E-state index contributed by atoms with van der Waals surface area (Å²) in [6.45, 7) is 2.76. The Bertz CT molecular complexity index is 976. The summed E-state index contributed by atoms with van der Waals surface area (Å²) >= 11 is 0. The monoisotopic (exact) mass is 390 g/mol. The van der Waals surface area contributed by atoms with E-state index in [1.54, 1.807) is 17.7 Å². The second-order valence-corrected chi connectivity index (χ2v) is 8.77. The number of carbonyl (C=O) groups is 2. The Kier molecular flexibility index (Phi) is 4.43. The highest BCUT2D eigenvalue weighted by molar-refractivity contribution is 6.03. The van der Waals surface area contributed by atoms with Crippen molar-refractivity contribution in [2.24, 2.45) is 5.92 Å². The minimum atomic E-state index is -1.00. The van der Waals surface area contributed by atoms with Crippen molar-refractivity contribution in [2.75, 3.05) is 25.0 Å². The second-order valence-electron chi connectivity index (χ2n) is 8.77. The highest BCUT2D eigenvalue weighted by Crippen LogP contribution is 2.46. The molecule has 0 saturated carbocycles. The predicted molar refractivity (Wildman–Crippen MR) is 111 cm³/mol. The SMILES string of the molecule is O=C(O)c1cccc2c1NC(=O)C(CN1CCC3(CCc4ccccc43)CC1)C2. The molecule has 1 aliphatic carbocycles. The topological polar surface area (TPSA) is 69.6 Å². The van der Waals surface area contributed by atoms with E-state index in [0.29, 0.717) is 17.5 Å². The van der Waals surface area contributed by atoms with Crippen LogP contribution in [0.2, 0.25) is 0 Å². The number of hydrogen-bond acceptors (Lipinski definition) is 3. The van der Waals surface area contributed by atoms with Gasteiger partial charge in [0.15, 0.2) is 0 Å². The zero-order valence-corrected chi connectivity index (χ0v) is 16.5. The Morgan fingerprint density at radius 3 is 2.62 bits per heavy atom. The van der Waals surface area contributed by atoms with Crippen molar-refractivity contribution in [3.63, 3.8) is 0 Å². The number of rotatable bonds is 3. The molecule has 1 fully saturated rings. The minimum absolute atomic E-state index is 0.0577. The van der Waals surface area contributed by atoms with Crippen molar-refractivity contribution in [3.8, 4) is 0 Å². The van der Waals surface area contributed by atoms with E-state index >= 15 is 0 Å². The van der Waals surface area contributed by atoms with Gasteiger partial charge in [-0.25, -0.2) is 4.79 Å². The summed E-state index contributed by atoms with van der Waals surface area (Å²) in [5.74, 6) is -1.19. The fourth-order valence-corrected chi connectivity index (χ4v) is 5.59. The summed E-state index contributed by atoms with van der Waals surface area (Å²) in [4.78, 5) is 26.5. The Morgan fingerprint density at radius 1 is 1.07 bits per heavy atom. The molecule has 2 heterocycles. The molecule has 2 aliphatic heterocycles. The number of hydrogen-bond donors (Lipinski definition) is 2. The van der Waals surface area contributed by atoms with Gasteiger partial charge in [-0.05, 0) is 73.4 Å². The molecule has 1 saturated heterocycles. The first kappa shape index (κ1) is 18.4. The standard InChI is InChI=1S/C24H26N2O3/c27-22-18(14-17-5-3-6-19(23(28)29)21(17)25-22)15-26-12-10-24(11-13-26)9-8-16-4-1-2-7-20(16)24/h1-7,18H,8-15H2,(H,25,27)(H,28,29). The van der Waals surface area contributed by atoms with Gasteiger partial charge in [0.1, 0.15) is 0 Å². The summed E-state index contributed by atoms with van der Waals surface area (Å²) in [5.41, 5.74) is 4.96. The van der Waals surface area contributed by atoms with Crippen LogP contribution in [-0.4, -0.2) is 41.5 Å². The van der Waals surface area contributed by atoms with Crippen molar-refractivity contribution < 1.29 is 14.7 Å². The molecule has 3 aliphatic rings. The molecule has 1 atom stereocenters. The Hall–Kier alpha value is -2.66.